The van der Waals surface area contributed by atoms with Crippen molar-refractivity contribution in [2.45, 2.75) is 26.8 Å². The van der Waals surface area contributed by atoms with Crippen LogP contribution in [0.3, 0.4) is 0 Å². The Hall–Kier alpha value is -1.06. The SMILES string of the molecule is CCNC(CO)c1cc(C)ccc1OCC. The summed E-state index contributed by atoms with van der Waals surface area (Å²) in [5.74, 6) is 0.855. The average molecular weight is 223 g/mol. The molecule has 1 rings (SSSR count). The number of nitrogens with one attached hydrogen (secondary N) is 1. The zero-order chi connectivity index (χ0) is 12.0. The van der Waals surface area contributed by atoms with Gasteiger partial charge in [-0.15, -0.1) is 0 Å². The molecule has 0 amide bonds. The molecule has 0 aromatic heterocycles. The summed E-state index contributed by atoms with van der Waals surface area (Å²) < 4.78 is 5.57. The van der Waals surface area contributed by atoms with Gasteiger partial charge in [0.05, 0.1) is 19.3 Å². The zero-order valence-corrected chi connectivity index (χ0v) is 10.3. The van der Waals surface area contributed by atoms with E-state index in [1.165, 1.54) is 5.56 Å². The highest BCUT2D eigenvalue weighted by Gasteiger charge is 2.14. The van der Waals surface area contributed by atoms with Crippen molar-refractivity contribution in [3.05, 3.63) is 29.3 Å². The second-order valence-electron chi connectivity index (χ2n) is 3.77. The molecule has 0 aliphatic heterocycles. The van der Waals surface area contributed by atoms with E-state index in [4.69, 9.17) is 4.74 Å². The maximum atomic E-state index is 9.38. The smallest absolute Gasteiger partial charge is 0.124 e. The molecule has 1 atom stereocenters. The number of rotatable bonds is 6. The molecule has 3 heteroatoms. The average Bonchev–Trinajstić information content (AvgIpc) is 2.29. The van der Waals surface area contributed by atoms with Crippen LogP contribution in [0, 0.1) is 6.92 Å². The fraction of sp³-hybridized carbons (Fsp3) is 0.538. The van der Waals surface area contributed by atoms with Gasteiger partial charge in [0.2, 0.25) is 0 Å². The molecule has 3 nitrogen and oxygen atoms in total. The van der Waals surface area contributed by atoms with Crippen LogP contribution in [0.25, 0.3) is 0 Å². The number of aliphatic hydroxyl groups is 1. The van der Waals surface area contributed by atoms with Gasteiger partial charge in [-0.2, -0.15) is 0 Å². The second kappa shape index (κ2) is 6.51. The topological polar surface area (TPSA) is 41.5 Å². The van der Waals surface area contributed by atoms with E-state index in [-0.39, 0.29) is 12.6 Å². The first-order valence-corrected chi connectivity index (χ1v) is 5.80. The second-order valence-corrected chi connectivity index (χ2v) is 3.77. The number of aryl methyl sites for hydroxylation is 1. The third-order valence-corrected chi connectivity index (χ3v) is 2.47. The summed E-state index contributed by atoms with van der Waals surface area (Å²) in [5.41, 5.74) is 2.21. The van der Waals surface area contributed by atoms with Crippen LogP contribution >= 0.6 is 0 Å². The minimum Gasteiger partial charge on any atom is -0.494 e. The van der Waals surface area contributed by atoms with Crippen molar-refractivity contribution in [1.82, 2.24) is 5.32 Å². The molecular formula is C13H21NO2. The summed E-state index contributed by atoms with van der Waals surface area (Å²) in [5, 5.41) is 12.6. The molecule has 0 bridgehead atoms. The van der Waals surface area contributed by atoms with Gasteiger partial charge in [-0.3, -0.25) is 0 Å². The largest absolute Gasteiger partial charge is 0.494 e. The van der Waals surface area contributed by atoms with Gasteiger partial charge in [0, 0.05) is 5.56 Å². The molecule has 90 valence electrons. The Bertz CT molecular complexity index is 326. The summed E-state index contributed by atoms with van der Waals surface area (Å²) in [7, 11) is 0. The fourth-order valence-electron chi connectivity index (χ4n) is 1.75. The third-order valence-electron chi connectivity index (χ3n) is 2.47. The Kier molecular flexibility index (Phi) is 5.29. The Morgan fingerprint density at radius 1 is 1.38 bits per heavy atom. The zero-order valence-electron chi connectivity index (χ0n) is 10.3. The van der Waals surface area contributed by atoms with Gasteiger partial charge in [-0.05, 0) is 26.5 Å². The minimum absolute atomic E-state index is 0.0496. The van der Waals surface area contributed by atoms with E-state index >= 15 is 0 Å². The highest BCUT2D eigenvalue weighted by molar-refractivity contribution is 5.39. The highest BCUT2D eigenvalue weighted by atomic mass is 16.5. The molecule has 1 aromatic carbocycles. The lowest BCUT2D eigenvalue weighted by Gasteiger charge is -2.19. The van der Waals surface area contributed by atoms with Gasteiger partial charge in [0.25, 0.3) is 0 Å². The van der Waals surface area contributed by atoms with E-state index in [0.29, 0.717) is 6.61 Å². The van der Waals surface area contributed by atoms with Gasteiger partial charge < -0.3 is 15.2 Å². The summed E-state index contributed by atoms with van der Waals surface area (Å²) in [6, 6.07) is 6.00. The number of ether oxygens (including phenoxy) is 1. The minimum atomic E-state index is -0.0496. The number of aliphatic hydroxyl groups excluding tert-OH is 1. The maximum absolute atomic E-state index is 9.38. The standard InChI is InChI=1S/C13H21NO2/c1-4-14-12(9-15)11-8-10(3)6-7-13(11)16-5-2/h6-8,12,14-15H,4-5,9H2,1-3H3. The lowest BCUT2D eigenvalue weighted by molar-refractivity contribution is 0.240. The number of likely N-dealkylation sites (N-methyl/N-ethyl adjacent to an activating group) is 1. The Morgan fingerprint density at radius 3 is 2.69 bits per heavy atom. The molecular weight excluding hydrogens is 202 g/mol. The van der Waals surface area contributed by atoms with E-state index in [1.54, 1.807) is 0 Å². The molecule has 0 spiro atoms. The lowest BCUT2D eigenvalue weighted by Crippen LogP contribution is -2.24. The van der Waals surface area contributed by atoms with Crippen LogP contribution in [-0.2, 0) is 0 Å². The van der Waals surface area contributed by atoms with Crippen LogP contribution < -0.4 is 10.1 Å². The number of hydrogen-bond acceptors (Lipinski definition) is 3. The number of benzene rings is 1. The van der Waals surface area contributed by atoms with Crippen LogP contribution in [-0.4, -0.2) is 24.9 Å². The predicted molar refractivity (Wildman–Crippen MR) is 65.9 cm³/mol. The molecule has 0 saturated carbocycles. The van der Waals surface area contributed by atoms with E-state index < -0.39 is 0 Å². The van der Waals surface area contributed by atoms with Gasteiger partial charge in [0.1, 0.15) is 5.75 Å². The highest BCUT2D eigenvalue weighted by Crippen LogP contribution is 2.26. The fourth-order valence-corrected chi connectivity index (χ4v) is 1.75. The molecule has 0 fully saturated rings. The Morgan fingerprint density at radius 2 is 2.12 bits per heavy atom. The summed E-state index contributed by atoms with van der Waals surface area (Å²) >= 11 is 0. The Labute approximate surface area is 97.4 Å². The molecule has 0 radical (unpaired) electrons. The molecule has 0 heterocycles. The van der Waals surface area contributed by atoms with Crippen LogP contribution in [0.1, 0.15) is 31.0 Å². The Balaban J connectivity index is 3.01. The van der Waals surface area contributed by atoms with E-state index in [9.17, 15) is 5.11 Å². The summed E-state index contributed by atoms with van der Waals surface area (Å²) in [6.07, 6.45) is 0. The van der Waals surface area contributed by atoms with Gasteiger partial charge in [-0.25, -0.2) is 0 Å². The van der Waals surface area contributed by atoms with E-state index in [1.807, 2.05) is 32.9 Å². The molecule has 0 aliphatic carbocycles. The van der Waals surface area contributed by atoms with Crippen LogP contribution in [0.5, 0.6) is 5.75 Å². The van der Waals surface area contributed by atoms with Gasteiger partial charge in [0.15, 0.2) is 0 Å². The summed E-state index contributed by atoms with van der Waals surface area (Å²) in [4.78, 5) is 0. The first kappa shape index (κ1) is 13.0. The van der Waals surface area contributed by atoms with Crippen molar-refractivity contribution < 1.29 is 9.84 Å². The molecule has 0 aliphatic rings. The predicted octanol–water partition coefficient (Wildman–Crippen LogP) is 2.04. The van der Waals surface area contributed by atoms with Crippen molar-refractivity contribution >= 4 is 0 Å². The first-order chi connectivity index (χ1) is 7.72. The summed E-state index contributed by atoms with van der Waals surface area (Å²) in [6.45, 7) is 7.58. The van der Waals surface area contributed by atoms with Crippen LogP contribution in [0.4, 0.5) is 0 Å². The number of hydrogen-bond donors (Lipinski definition) is 2. The normalized spacial score (nSPS) is 12.5. The lowest BCUT2D eigenvalue weighted by atomic mass is 10.0. The van der Waals surface area contributed by atoms with Crippen LogP contribution in [0.15, 0.2) is 18.2 Å². The third kappa shape index (κ3) is 3.22. The monoisotopic (exact) mass is 223 g/mol. The van der Waals surface area contributed by atoms with E-state index in [2.05, 4.69) is 11.4 Å². The molecule has 1 aromatic rings. The van der Waals surface area contributed by atoms with Gasteiger partial charge in [-0.1, -0.05) is 24.6 Å². The van der Waals surface area contributed by atoms with Gasteiger partial charge >= 0.3 is 0 Å². The molecule has 0 saturated heterocycles. The van der Waals surface area contributed by atoms with Crippen molar-refractivity contribution in [3.63, 3.8) is 0 Å². The van der Waals surface area contributed by atoms with Crippen molar-refractivity contribution in [3.8, 4) is 5.75 Å². The van der Waals surface area contributed by atoms with Crippen molar-refractivity contribution in [2.24, 2.45) is 0 Å². The molecule has 1 unspecified atom stereocenters. The van der Waals surface area contributed by atoms with Crippen LogP contribution in [0.2, 0.25) is 0 Å². The molecule has 16 heavy (non-hydrogen) atoms. The van der Waals surface area contributed by atoms with Crippen molar-refractivity contribution in [1.29, 1.82) is 0 Å². The van der Waals surface area contributed by atoms with E-state index in [0.717, 1.165) is 17.9 Å². The maximum Gasteiger partial charge on any atom is 0.124 e. The first-order valence-electron chi connectivity index (χ1n) is 5.80. The van der Waals surface area contributed by atoms with Crippen molar-refractivity contribution in [2.75, 3.05) is 19.8 Å². The molecule has 2 N–H and O–H groups in total. The quantitative estimate of drug-likeness (QED) is 0.775.